The number of primary sulfonamides is 1. The molecule has 1 aliphatic heterocycles. The summed E-state index contributed by atoms with van der Waals surface area (Å²) in [4.78, 5) is -0.0666. The lowest BCUT2D eigenvalue weighted by molar-refractivity contribution is 0.562. The van der Waals surface area contributed by atoms with Gasteiger partial charge in [0, 0.05) is 6.04 Å². The van der Waals surface area contributed by atoms with E-state index in [9.17, 15) is 16.8 Å². The van der Waals surface area contributed by atoms with E-state index in [0.29, 0.717) is 23.6 Å². The summed E-state index contributed by atoms with van der Waals surface area (Å²) < 4.78 is 45.8. The number of sulfone groups is 1. The molecule has 20 heavy (non-hydrogen) atoms. The first-order valence-electron chi connectivity index (χ1n) is 5.97. The van der Waals surface area contributed by atoms with Crippen LogP contribution < -0.4 is 10.5 Å². The summed E-state index contributed by atoms with van der Waals surface area (Å²) >= 11 is 5.99. The van der Waals surface area contributed by atoms with Gasteiger partial charge in [0.2, 0.25) is 10.0 Å². The Morgan fingerprint density at radius 3 is 2.65 bits per heavy atom. The van der Waals surface area contributed by atoms with E-state index in [0.717, 1.165) is 0 Å². The van der Waals surface area contributed by atoms with Gasteiger partial charge in [-0.05, 0) is 31.0 Å². The maximum Gasteiger partial charge on any atom is 0.238 e. The van der Waals surface area contributed by atoms with Crippen molar-refractivity contribution < 1.29 is 16.8 Å². The van der Waals surface area contributed by atoms with Crippen LogP contribution in [-0.4, -0.2) is 34.4 Å². The zero-order valence-electron chi connectivity index (χ0n) is 10.5. The first-order chi connectivity index (χ1) is 9.17. The van der Waals surface area contributed by atoms with Crippen molar-refractivity contribution >= 4 is 37.1 Å². The van der Waals surface area contributed by atoms with Gasteiger partial charge in [-0.25, -0.2) is 22.0 Å². The summed E-state index contributed by atoms with van der Waals surface area (Å²) in [6.07, 6.45) is 1.27. The Labute approximate surface area is 123 Å². The fraction of sp³-hybridized carbons (Fsp3) is 0.455. The van der Waals surface area contributed by atoms with E-state index >= 15 is 0 Å². The number of hydrogen-bond acceptors (Lipinski definition) is 5. The van der Waals surface area contributed by atoms with Crippen LogP contribution in [0.4, 0.5) is 5.69 Å². The molecule has 0 bridgehead atoms. The molecule has 1 atom stereocenters. The fourth-order valence-corrected chi connectivity index (χ4v) is 4.50. The molecule has 1 fully saturated rings. The van der Waals surface area contributed by atoms with Gasteiger partial charge in [0.15, 0.2) is 9.84 Å². The highest BCUT2D eigenvalue weighted by Gasteiger charge is 2.25. The minimum atomic E-state index is -3.82. The van der Waals surface area contributed by atoms with Gasteiger partial charge in [0.25, 0.3) is 0 Å². The topological polar surface area (TPSA) is 106 Å². The third kappa shape index (κ3) is 3.85. The fourth-order valence-electron chi connectivity index (χ4n) is 2.15. The molecule has 1 saturated heterocycles. The number of sulfonamides is 1. The Kier molecular flexibility index (Phi) is 4.29. The summed E-state index contributed by atoms with van der Waals surface area (Å²) in [6, 6.07) is 3.77. The summed E-state index contributed by atoms with van der Waals surface area (Å²) in [5, 5.41) is 8.36. The number of nitrogens with two attached hydrogens (primary N) is 1. The van der Waals surface area contributed by atoms with E-state index in [-0.39, 0.29) is 22.4 Å². The van der Waals surface area contributed by atoms with Gasteiger partial charge in [-0.3, -0.25) is 0 Å². The largest absolute Gasteiger partial charge is 0.380 e. The van der Waals surface area contributed by atoms with E-state index in [2.05, 4.69) is 5.32 Å². The molecule has 0 spiro atoms. The normalized spacial score (nSPS) is 22.4. The van der Waals surface area contributed by atoms with Crippen molar-refractivity contribution in [2.24, 2.45) is 5.14 Å². The van der Waals surface area contributed by atoms with E-state index < -0.39 is 19.9 Å². The molecule has 3 N–H and O–H groups in total. The maximum atomic E-state index is 11.6. The van der Waals surface area contributed by atoms with Crippen molar-refractivity contribution in [1.29, 1.82) is 0 Å². The Balaban J connectivity index is 2.25. The molecule has 2 rings (SSSR count). The van der Waals surface area contributed by atoms with Crippen LogP contribution in [-0.2, 0) is 19.9 Å². The molecule has 1 unspecified atom stereocenters. The van der Waals surface area contributed by atoms with Crippen molar-refractivity contribution in [3.63, 3.8) is 0 Å². The Morgan fingerprint density at radius 1 is 1.35 bits per heavy atom. The van der Waals surface area contributed by atoms with Gasteiger partial charge in [-0.2, -0.15) is 0 Å². The molecule has 1 heterocycles. The third-order valence-electron chi connectivity index (χ3n) is 3.09. The molecule has 1 aromatic carbocycles. The van der Waals surface area contributed by atoms with Gasteiger partial charge in [-0.1, -0.05) is 11.6 Å². The molecule has 9 heteroatoms. The average molecular weight is 339 g/mol. The van der Waals surface area contributed by atoms with Crippen LogP contribution >= 0.6 is 11.6 Å². The van der Waals surface area contributed by atoms with Crippen LogP contribution in [0.15, 0.2) is 23.1 Å². The number of anilines is 1. The lowest BCUT2D eigenvalue weighted by Crippen LogP contribution is -2.34. The highest BCUT2D eigenvalue weighted by molar-refractivity contribution is 7.91. The van der Waals surface area contributed by atoms with Crippen LogP contribution in [0, 0.1) is 0 Å². The molecule has 0 amide bonds. The van der Waals surface area contributed by atoms with E-state index in [1.54, 1.807) is 0 Å². The first-order valence-corrected chi connectivity index (χ1v) is 9.71. The minimum Gasteiger partial charge on any atom is -0.380 e. The van der Waals surface area contributed by atoms with Gasteiger partial charge < -0.3 is 5.32 Å². The Bertz CT molecular complexity index is 716. The minimum absolute atomic E-state index is 0.0168. The van der Waals surface area contributed by atoms with Gasteiger partial charge in [0.05, 0.1) is 27.1 Å². The summed E-state index contributed by atoms with van der Waals surface area (Å²) in [5.74, 6) is 0.207. The Morgan fingerprint density at radius 2 is 2.05 bits per heavy atom. The Hall–Kier alpha value is -0.830. The van der Waals surface area contributed by atoms with E-state index in [4.69, 9.17) is 16.7 Å². The molecular formula is C11H15ClN2O4S2. The second kappa shape index (κ2) is 5.51. The standard InChI is InChI=1S/C11H15ClN2O4S2/c12-10-4-3-9(20(13,17)18)6-11(10)14-8-2-1-5-19(15,16)7-8/h3-4,6,8,14H,1-2,5,7H2,(H2,13,17,18). The lowest BCUT2D eigenvalue weighted by Gasteiger charge is -2.24. The number of halogens is 1. The molecular weight excluding hydrogens is 324 g/mol. The van der Waals surface area contributed by atoms with Crippen LogP contribution in [0.25, 0.3) is 0 Å². The van der Waals surface area contributed by atoms with Crippen LogP contribution in [0.3, 0.4) is 0 Å². The maximum absolute atomic E-state index is 11.6. The lowest BCUT2D eigenvalue weighted by atomic mass is 10.1. The predicted molar refractivity (Wildman–Crippen MR) is 78.1 cm³/mol. The molecule has 0 saturated carbocycles. The number of nitrogens with one attached hydrogen (secondary N) is 1. The smallest absolute Gasteiger partial charge is 0.238 e. The highest BCUT2D eigenvalue weighted by Crippen LogP contribution is 2.27. The van der Waals surface area contributed by atoms with Crippen LogP contribution in [0.5, 0.6) is 0 Å². The summed E-state index contributed by atoms with van der Waals surface area (Å²) in [6.45, 7) is 0. The molecule has 0 radical (unpaired) electrons. The number of hydrogen-bond donors (Lipinski definition) is 2. The molecule has 0 aliphatic carbocycles. The highest BCUT2D eigenvalue weighted by atomic mass is 35.5. The van der Waals surface area contributed by atoms with Crippen molar-refractivity contribution in [2.45, 2.75) is 23.8 Å². The van der Waals surface area contributed by atoms with Crippen molar-refractivity contribution in [1.82, 2.24) is 0 Å². The quantitative estimate of drug-likeness (QED) is 0.854. The summed E-state index contributed by atoms with van der Waals surface area (Å²) in [5.41, 5.74) is 0.375. The molecule has 112 valence electrons. The van der Waals surface area contributed by atoms with Crippen molar-refractivity contribution in [3.8, 4) is 0 Å². The molecule has 1 aromatic rings. The van der Waals surface area contributed by atoms with E-state index in [1.165, 1.54) is 18.2 Å². The van der Waals surface area contributed by atoms with Gasteiger partial charge in [-0.15, -0.1) is 0 Å². The second-order valence-electron chi connectivity index (χ2n) is 4.78. The first kappa shape index (κ1) is 15.6. The average Bonchev–Trinajstić information content (AvgIpc) is 2.29. The zero-order valence-corrected chi connectivity index (χ0v) is 12.9. The number of benzene rings is 1. The van der Waals surface area contributed by atoms with Crippen LogP contribution in [0.2, 0.25) is 5.02 Å². The third-order valence-corrected chi connectivity index (χ3v) is 6.15. The molecule has 1 aliphatic rings. The molecule has 0 aromatic heterocycles. The van der Waals surface area contributed by atoms with Crippen LogP contribution in [0.1, 0.15) is 12.8 Å². The second-order valence-corrected chi connectivity index (χ2v) is 8.98. The van der Waals surface area contributed by atoms with Gasteiger partial charge >= 0.3 is 0 Å². The monoisotopic (exact) mass is 338 g/mol. The predicted octanol–water partition coefficient (Wildman–Crippen LogP) is 0.976. The van der Waals surface area contributed by atoms with Crippen molar-refractivity contribution in [2.75, 3.05) is 16.8 Å². The summed E-state index contributed by atoms with van der Waals surface area (Å²) in [7, 11) is -6.87. The molecule has 6 nitrogen and oxygen atoms in total. The van der Waals surface area contributed by atoms with Crippen molar-refractivity contribution in [3.05, 3.63) is 23.2 Å². The van der Waals surface area contributed by atoms with E-state index in [1.807, 2.05) is 0 Å². The zero-order chi connectivity index (χ0) is 15.0. The SMILES string of the molecule is NS(=O)(=O)c1ccc(Cl)c(NC2CCCS(=O)(=O)C2)c1. The van der Waals surface area contributed by atoms with Gasteiger partial charge in [0.1, 0.15) is 0 Å². The number of rotatable bonds is 3.